The second-order valence-corrected chi connectivity index (χ2v) is 9.54. The van der Waals surface area contributed by atoms with E-state index in [9.17, 15) is 13.2 Å². The van der Waals surface area contributed by atoms with Crippen LogP contribution < -0.4 is 10.0 Å². The number of amides is 1. The van der Waals surface area contributed by atoms with Gasteiger partial charge >= 0.3 is 0 Å². The van der Waals surface area contributed by atoms with Crippen molar-refractivity contribution in [3.05, 3.63) is 28.8 Å². The Hall–Kier alpha value is -1.31. The van der Waals surface area contributed by atoms with Gasteiger partial charge in [-0.1, -0.05) is 25.4 Å². The molecule has 1 heterocycles. The van der Waals surface area contributed by atoms with Gasteiger partial charge in [-0.25, -0.2) is 8.42 Å². The fourth-order valence-corrected chi connectivity index (χ4v) is 4.37. The number of likely N-dealkylation sites (tertiary alicyclic amines) is 1. The summed E-state index contributed by atoms with van der Waals surface area (Å²) in [4.78, 5) is 14.7. The number of nitrogens with one attached hydrogen (secondary N) is 2. The van der Waals surface area contributed by atoms with Gasteiger partial charge in [0.05, 0.1) is 16.8 Å². The van der Waals surface area contributed by atoms with Gasteiger partial charge in [-0.15, -0.1) is 0 Å². The third-order valence-corrected chi connectivity index (χ3v) is 5.32. The van der Waals surface area contributed by atoms with E-state index in [4.69, 9.17) is 11.6 Å². The van der Waals surface area contributed by atoms with E-state index >= 15 is 0 Å². The summed E-state index contributed by atoms with van der Waals surface area (Å²) in [6.45, 7) is 8.37. The van der Waals surface area contributed by atoms with Gasteiger partial charge in [0.2, 0.25) is 10.0 Å². The van der Waals surface area contributed by atoms with Crippen molar-refractivity contribution < 1.29 is 13.2 Å². The zero-order valence-corrected chi connectivity index (χ0v) is 17.2. The van der Waals surface area contributed by atoms with Gasteiger partial charge in [-0.2, -0.15) is 0 Å². The molecule has 0 unspecified atom stereocenters. The number of sulfonamides is 1. The molecule has 2 rings (SSSR count). The number of hydrogen-bond donors (Lipinski definition) is 2. The first-order chi connectivity index (χ1) is 12.1. The number of anilines is 1. The first kappa shape index (κ1) is 21.0. The summed E-state index contributed by atoms with van der Waals surface area (Å²) in [5, 5.41) is 3.10. The van der Waals surface area contributed by atoms with Gasteiger partial charge in [-0.3, -0.25) is 9.52 Å². The Bertz CT molecular complexity index is 729. The van der Waals surface area contributed by atoms with Crippen LogP contribution in [0.2, 0.25) is 5.02 Å². The molecule has 146 valence electrons. The van der Waals surface area contributed by atoms with Crippen LogP contribution >= 0.6 is 11.6 Å². The number of piperidine rings is 1. The number of carbonyl (C=O) groups is 1. The molecule has 1 aliphatic rings. The van der Waals surface area contributed by atoms with Crippen LogP contribution in [0.5, 0.6) is 0 Å². The highest BCUT2D eigenvalue weighted by Gasteiger charge is 2.21. The van der Waals surface area contributed by atoms with Crippen LogP contribution in [0, 0.1) is 11.8 Å². The van der Waals surface area contributed by atoms with E-state index in [0.717, 1.165) is 44.1 Å². The van der Waals surface area contributed by atoms with Crippen molar-refractivity contribution in [1.29, 1.82) is 0 Å². The first-order valence-electron chi connectivity index (χ1n) is 8.92. The van der Waals surface area contributed by atoms with E-state index in [1.807, 2.05) is 0 Å². The molecule has 6 nitrogen and oxygen atoms in total. The highest BCUT2D eigenvalue weighted by molar-refractivity contribution is 7.92. The fraction of sp³-hybridized carbons (Fsp3) is 0.611. The SMILES string of the molecule is C[C@@H]1C[C@@H](C)CN(CCCNC(=O)c2ccc(NS(C)(=O)=O)cc2Cl)C1. The standard InChI is InChI=1S/C18H28ClN3O3S/c1-13-9-14(2)12-22(11-13)8-4-7-20-18(23)16-6-5-15(10-17(16)19)21-26(3,24)25/h5-6,10,13-14,21H,4,7-9,11-12H2,1-3H3,(H,20,23)/t13-,14-/m1/s1. The fourth-order valence-electron chi connectivity index (χ4n) is 3.55. The smallest absolute Gasteiger partial charge is 0.252 e. The van der Waals surface area contributed by atoms with Crippen molar-refractivity contribution >= 4 is 33.2 Å². The molecule has 0 bridgehead atoms. The molecule has 0 spiro atoms. The summed E-state index contributed by atoms with van der Waals surface area (Å²) in [7, 11) is -3.38. The molecule has 1 aromatic rings. The Balaban J connectivity index is 1.80. The summed E-state index contributed by atoms with van der Waals surface area (Å²) in [6, 6.07) is 4.49. The Morgan fingerprint density at radius 3 is 2.50 bits per heavy atom. The van der Waals surface area contributed by atoms with Crippen molar-refractivity contribution in [1.82, 2.24) is 10.2 Å². The lowest BCUT2D eigenvalue weighted by atomic mass is 9.92. The molecule has 0 aliphatic carbocycles. The number of benzene rings is 1. The summed E-state index contributed by atoms with van der Waals surface area (Å²) in [5.41, 5.74) is 0.674. The third-order valence-electron chi connectivity index (χ3n) is 4.40. The quantitative estimate of drug-likeness (QED) is 0.688. The topological polar surface area (TPSA) is 78.5 Å². The summed E-state index contributed by atoms with van der Waals surface area (Å²) >= 11 is 6.12. The highest BCUT2D eigenvalue weighted by atomic mass is 35.5. The molecule has 1 amide bonds. The van der Waals surface area contributed by atoms with E-state index in [-0.39, 0.29) is 10.9 Å². The van der Waals surface area contributed by atoms with Crippen LogP contribution in [0.4, 0.5) is 5.69 Å². The predicted octanol–water partition coefficient (Wildman–Crippen LogP) is 2.81. The molecule has 1 aromatic carbocycles. The number of nitrogens with zero attached hydrogens (tertiary/aromatic N) is 1. The molecule has 1 aliphatic heterocycles. The van der Waals surface area contributed by atoms with Crippen LogP contribution in [-0.4, -0.2) is 51.7 Å². The largest absolute Gasteiger partial charge is 0.352 e. The summed E-state index contributed by atoms with van der Waals surface area (Å²) < 4.78 is 24.8. The van der Waals surface area contributed by atoms with Crippen LogP contribution in [0.3, 0.4) is 0 Å². The molecule has 1 saturated heterocycles. The zero-order valence-electron chi connectivity index (χ0n) is 15.6. The van der Waals surface area contributed by atoms with Gasteiger partial charge in [0, 0.05) is 25.3 Å². The minimum absolute atomic E-state index is 0.217. The Labute approximate surface area is 161 Å². The Morgan fingerprint density at radius 2 is 1.92 bits per heavy atom. The van der Waals surface area contributed by atoms with Crippen molar-refractivity contribution in [2.75, 3.05) is 37.2 Å². The van der Waals surface area contributed by atoms with Crippen molar-refractivity contribution in [2.24, 2.45) is 11.8 Å². The minimum atomic E-state index is -3.38. The van der Waals surface area contributed by atoms with Crippen LogP contribution in [0.25, 0.3) is 0 Å². The molecule has 0 radical (unpaired) electrons. The predicted molar refractivity (Wildman–Crippen MR) is 106 cm³/mol. The monoisotopic (exact) mass is 401 g/mol. The molecule has 0 saturated carbocycles. The molecule has 0 aromatic heterocycles. The Morgan fingerprint density at radius 1 is 1.27 bits per heavy atom. The van der Waals surface area contributed by atoms with E-state index in [0.29, 0.717) is 17.8 Å². The van der Waals surface area contributed by atoms with Gasteiger partial charge in [0.25, 0.3) is 5.91 Å². The van der Waals surface area contributed by atoms with E-state index in [1.54, 1.807) is 0 Å². The lowest BCUT2D eigenvalue weighted by molar-refractivity contribution is 0.0947. The lowest BCUT2D eigenvalue weighted by Crippen LogP contribution is -2.40. The average molecular weight is 402 g/mol. The minimum Gasteiger partial charge on any atom is -0.352 e. The third kappa shape index (κ3) is 6.78. The second-order valence-electron chi connectivity index (χ2n) is 7.38. The van der Waals surface area contributed by atoms with Gasteiger partial charge < -0.3 is 10.2 Å². The Kier molecular flexibility index (Phi) is 7.32. The van der Waals surface area contributed by atoms with Crippen molar-refractivity contribution in [3.8, 4) is 0 Å². The van der Waals surface area contributed by atoms with Gasteiger partial charge in [-0.05, 0) is 49.4 Å². The van der Waals surface area contributed by atoms with E-state index in [2.05, 4.69) is 28.8 Å². The average Bonchev–Trinajstić information content (AvgIpc) is 2.49. The van der Waals surface area contributed by atoms with Crippen LogP contribution in [0.15, 0.2) is 18.2 Å². The molecular formula is C18H28ClN3O3S. The maximum atomic E-state index is 12.3. The molecule has 26 heavy (non-hydrogen) atoms. The molecule has 1 fully saturated rings. The number of halogens is 1. The highest BCUT2D eigenvalue weighted by Crippen LogP contribution is 2.22. The summed E-state index contributed by atoms with van der Waals surface area (Å²) in [6.07, 6.45) is 3.23. The maximum Gasteiger partial charge on any atom is 0.252 e. The lowest BCUT2D eigenvalue weighted by Gasteiger charge is -2.34. The number of hydrogen-bond acceptors (Lipinski definition) is 4. The molecular weight excluding hydrogens is 374 g/mol. The van der Waals surface area contributed by atoms with E-state index in [1.165, 1.54) is 24.6 Å². The van der Waals surface area contributed by atoms with Crippen molar-refractivity contribution in [2.45, 2.75) is 26.7 Å². The zero-order chi connectivity index (χ0) is 19.3. The number of rotatable bonds is 7. The first-order valence-corrected chi connectivity index (χ1v) is 11.2. The van der Waals surface area contributed by atoms with Crippen molar-refractivity contribution in [3.63, 3.8) is 0 Å². The normalized spacial score (nSPS) is 21.4. The number of carbonyl (C=O) groups excluding carboxylic acids is 1. The summed E-state index contributed by atoms with van der Waals surface area (Å²) in [5.74, 6) is 1.21. The van der Waals surface area contributed by atoms with Crippen LogP contribution in [-0.2, 0) is 10.0 Å². The van der Waals surface area contributed by atoms with Crippen LogP contribution in [0.1, 0.15) is 37.0 Å². The molecule has 2 N–H and O–H groups in total. The van der Waals surface area contributed by atoms with E-state index < -0.39 is 10.0 Å². The second kappa shape index (κ2) is 9.06. The maximum absolute atomic E-state index is 12.3. The molecule has 8 heteroatoms. The van der Waals surface area contributed by atoms with Gasteiger partial charge in [0.1, 0.15) is 0 Å². The van der Waals surface area contributed by atoms with Gasteiger partial charge in [0.15, 0.2) is 0 Å². The molecule has 2 atom stereocenters.